The van der Waals surface area contributed by atoms with Crippen LogP contribution in [0.1, 0.15) is 11.3 Å². The molecule has 1 aliphatic heterocycles. The Kier molecular flexibility index (Phi) is 3.62. The van der Waals surface area contributed by atoms with E-state index < -0.39 is 10.0 Å². The zero-order chi connectivity index (χ0) is 15.0. The van der Waals surface area contributed by atoms with Crippen molar-refractivity contribution in [1.29, 1.82) is 0 Å². The van der Waals surface area contributed by atoms with Crippen molar-refractivity contribution in [2.45, 2.75) is 18.2 Å². The van der Waals surface area contributed by atoms with E-state index in [1.807, 2.05) is 0 Å². The largest absolute Gasteiger partial charge is 0.493 e. The summed E-state index contributed by atoms with van der Waals surface area (Å²) >= 11 is 3.25. The summed E-state index contributed by atoms with van der Waals surface area (Å²) in [5.41, 5.74) is 2.00. The summed E-state index contributed by atoms with van der Waals surface area (Å²) in [6, 6.07) is 8.28. The van der Waals surface area contributed by atoms with Gasteiger partial charge >= 0.3 is 0 Å². The first-order valence-corrected chi connectivity index (χ1v) is 8.65. The highest BCUT2D eigenvalue weighted by atomic mass is 79.9. The molecular weight excluding hydrogens is 356 g/mol. The van der Waals surface area contributed by atoms with Crippen molar-refractivity contribution in [3.05, 3.63) is 46.2 Å². The van der Waals surface area contributed by atoms with Gasteiger partial charge in [0.1, 0.15) is 10.4 Å². The number of aryl methyl sites for hydroxylation is 1. The standard InChI is InChI=1S/C14H13BrN2O3S/c1-9-12(3-5-14(15)16-9)17-21(18,19)11-2-4-13-10(8-11)6-7-20-13/h2-5,8,17H,6-7H2,1H3. The number of sulfonamides is 1. The van der Waals surface area contributed by atoms with Crippen LogP contribution in [-0.2, 0) is 16.4 Å². The SMILES string of the molecule is Cc1nc(Br)ccc1NS(=O)(=O)c1ccc2c(c1)CCO2. The van der Waals surface area contributed by atoms with Gasteiger partial charge in [0.15, 0.2) is 0 Å². The second-order valence-electron chi connectivity index (χ2n) is 4.74. The fraction of sp³-hybridized carbons (Fsp3) is 0.214. The van der Waals surface area contributed by atoms with Crippen LogP contribution >= 0.6 is 15.9 Å². The van der Waals surface area contributed by atoms with Gasteiger partial charge in [-0.25, -0.2) is 13.4 Å². The zero-order valence-electron chi connectivity index (χ0n) is 11.3. The van der Waals surface area contributed by atoms with E-state index >= 15 is 0 Å². The number of rotatable bonds is 3. The summed E-state index contributed by atoms with van der Waals surface area (Å²) in [6.45, 7) is 2.35. The average Bonchev–Trinajstić information content (AvgIpc) is 2.89. The van der Waals surface area contributed by atoms with Gasteiger partial charge in [0, 0.05) is 6.42 Å². The quantitative estimate of drug-likeness (QED) is 0.845. The number of hydrogen-bond acceptors (Lipinski definition) is 4. The minimum atomic E-state index is -3.63. The van der Waals surface area contributed by atoms with E-state index in [1.54, 1.807) is 37.3 Å². The van der Waals surface area contributed by atoms with Crippen molar-refractivity contribution in [2.24, 2.45) is 0 Å². The number of anilines is 1. The molecule has 1 N–H and O–H groups in total. The fourth-order valence-electron chi connectivity index (χ4n) is 2.17. The van der Waals surface area contributed by atoms with Crippen LogP contribution in [0.2, 0.25) is 0 Å². The second-order valence-corrected chi connectivity index (χ2v) is 7.24. The average molecular weight is 369 g/mol. The van der Waals surface area contributed by atoms with E-state index in [-0.39, 0.29) is 4.90 Å². The van der Waals surface area contributed by atoms with Crippen LogP contribution in [0.4, 0.5) is 5.69 Å². The van der Waals surface area contributed by atoms with Gasteiger partial charge in [-0.15, -0.1) is 0 Å². The van der Waals surface area contributed by atoms with Crippen LogP contribution in [0.3, 0.4) is 0 Å². The molecule has 110 valence electrons. The Labute approximate surface area is 131 Å². The third-order valence-corrected chi connectivity index (χ3v) is 5.07. The number of nitrogens with zero attached hydrogens (tertiary/aromatic N) is 1. The number of hydrogen-bond donors (Lipinski definition) is 1. The zero-order valence-corrected chi connectivity index (χ0v) is 13.7. The van der Waals surface area contributed by atoms with Crippen LogP contribution < -0.4 is 9.46 Å². The Morgan fingerprint density at radius 1 is 1.29 bits per heavy atom. The van der Waals surface area contributed by atoms with Gasteiger partial charge in [-0.3, -0.25) is 4.72 Å². The summed E-state index contributed by atoms with van der Waals surface area (Å²) in [6.07, 6.45) is 0.734. The molecule has 0 saturated carbocycles. The first-order valence-electron chi connectivity index (χ1n) is 6.37. The Morgan fingerprint density at radius 2 is 2.10 bits per heavy atom. The first kappa shape index (κ1) is 14.3. The molecule has 5 nitrogen and oxygen atoms in total. The maximum absolute atomic E-state index is 12.4. The van der Waals surface area contributed by atoms with Crippen LogP contribution in [0.15, 0.2) is 39.8 Å². The summed E-state index contributed by atoms with van der Waals surface area (Å²) < 4.78 is 33.5. The van der Waals surface area contributed by atoms with E-state index in [0.717, 1.165) is 17.7 Å². The molecule has 0 spiro atoms. The van der Waals surface area contributed by atoms with Gasteiger partial charge in [-0.1, -0.05) is 0 Å². The monoisotopic (exact) mass is 368 g/mol. The van der Waals surface area contributed by atoms with E-state index in [9.17, 15) is 8.42 Å². The van der Waals surface area contributed by atoms with Gasteiger partial charge in [-0.05, 0) is 58.7 Å². The molecule has 0 bridgehead atoms. The highest BCUT2D eigenvalue weighted by Crippen LogP contribution is 2.28. The molecule has 7 heteroatoms. The molecular formula is C14H13BrN2O3S. The van der Waals surface area contributed by atoms with Crippen molar-refractivity contribution < 1.29 is 13.2 Å². The van der Waals surface area contributed by atoms with E-state index in [1.165, 1.54) is 0 Å². The summed E-state index contributed by atoms with van der Waals surface area (Å²) in [5, 5.41) is 0. The lowest BCUT2D eigenvalue weighted by molar-refractivity contribution is 0.356. The molecule has 0 saturated heterocycles. The number of nitrogens with one attached hydrogen (secondary N) is 1. The van der Waals surface area contributed by atoms with Gasteiger partial charge in [-0.2, -0.15) is 0 Å². The maximum Gasteiger partial charge on any atom is 0.261 e. The Bertz CT molecular complexity index is 806. The molecule has 21 heavy (non-hydrogen) atoms. The molecule has 1 aromatic carbocycles. The molecule has 0 atom stereocenters. The van der Waals surface area contributed by atoms with E-state index in [4.69, 9.17) is 4.74 Å². The molecule has 2 aromatic rings. The number of fused-ring (bicyclic) bond motifs is 1. The number of aromatic nitrogens is 1. The molecule has 0 amide bonds. The normalized spacial score (nSPS) is 13.6. The summed E-state index contributed by atoms with van der Waals surface area (Å²) in [7, 11) is -3.63. The van der Waals surface area contributed by atoms with Crippen molar-refractivity contribution in [3.8, 4) is 5.75 Å². The number of benzene rings is 1. The van der Waals surface area contributed by atoms with Gasteiger partial charge in [0.2, 0.25) is 0 Å². The van der Waals surface area contributed by atoms with Crippen molar-refractivity contribution in [2.75, 3.05) is 11.3 Å². The Morgan fingerprint density at radius 3 is 2.86 bits per heavy atom. The predicted molar refractivity (Wildman–Crippen MR) is 83.1 cm³/mol. The molecule has 1 aliphatic rings. The topological polar surface area (TPSA) is 68.3 Å². The number of pyridine rings is 1. The molecule has 3 rings (SSSR count). The minimum absolute atomic E-state index is 0.231. The summed E-state index contributed by atoms with van der Waals surface area (Å²) in [5.74, 6) is 0.760. The lowest BCUT2D eigenvalue weighted by atomic mass is 10.2. The smallest absolute Gasteiger partial charge is 0.261 e. The second kappa shape index (κ2) is 5.31. The predicted octanol–water partition coefficient (Wildman–Crippen LogP) is 2.89. The highest BCUT2D eigenvalue weighted by Gasteiger charge is 2.20. The van der Waals surface area contributed by atoms with Crippen LogP contribution in [-0.4, -0.2) is 20.0 Å². The molecule has 0 unspecified atom stereocenters. The van der Waals surface area contributed by atoms with Gasteiger partial charge < -0.3 is 4.74 Å². The van der Waals surface area contributed by atoms with Crippen LogP contribution in [0, 0.1) is 6.92 Å². The van der Waals surface area contributed by atoms with Crippen LogP contribution in [0.5, 0.6) is 5.75 Å². The van der Waals surface area contributed by atoms with Crippen molar-refractivity contribution in [3.63, 3.8) is 0 Å². The number of halogens is 1. The fourth-order valence-corrected chi connectivity index (χ4v) is 3.74. The molecule has 1 aromatic heterocycles. The van der Waals surface area contributed by atoms with E-state index in [0.29, 0.717) is 22.6 Å². The lowest BCUT2D eigenvalue weighted by Gasteiger charge is -2.11. The summed E-state index contributed by atoms with van der Waals surface area (Å²) in [4.78, 5) is 4.41. The van der Waals surface area contributed by atoms with Crippen molar-refractivity contribution >= 4 is 31.6 Å². The first-order chi connectivity index (χ1) is 9.95. The van der Waals surface area contributed by atoms with E-state index in [2.05, 4.69) is 25.6 Å². The molecule has 0 radical (unpaired) electrons. The lowest BCUT2D eigenvalue weighted by Crippen LogP contribution is -2.14. The third kappa shape index (κ3) is 2.89. The third-order valence-electron chi connectivity index (χ3n) is 3.27. The van der Waals surface area contributed by atoms with Gasteiger partial charge in [0.25, 0.3) is 10.0 Å². The molecule has 0 aliphatic carbocycles. The maximum atomic E-state index is 12.4. The van der Waals surface area contributed by atoms with Gasteiger partial charge in [0.05, 0.1) is 22.9 Å². The van der Waals surface area contributed by atoms with Crippen molar-refractivity contribution in [1.82, 2.24) is 4.98 Å². The number of ether oxygens (including phenoxy) is 1. The highest BCUT2D eigenvalue weighted by molar-refractivity contribution is 9.10. The van der Waals surface area contributed by atoms with Crippen LogP contribution in [0.25, 0.3) is 0 Å². The molecule has 0 fully saturated rings. The Hall–Kier alpha value is -1.60. The Balaban J connectivity index is 1.93. The molecule has 2 heterocycles. The minimum Gasteiger partial charge on any atom is -0.493 e.